The Hall–Kier alpha value is -1.08. The normalized spacial score (nSPS) is 25.8. The van der Waals surface area contributed by atoms with Crippen LogP contribution in [0.25, 0.3) is 0 Å². The van der Waals surface area contributed by atoms with Crippen molar-refractivity contribution >= 4 is 5.91 Å². The Morgan fingerprint density at radius 1 is 1.41 bits per heavy atom. The first-order valence-corrected chi connectivity index (χ1v) is 6.58. The van der Waals surface area contributed by atoms with E-state index in [2.05, 4.69) is 6.07 Å². The lowest BCUT2D eigenvalue weighted by molar-refractivity contribution is -0.137. The first-order valence-electron chi connectivity index (χ1n) is 6.58. The summed E-state index contributed by atoms with van der Waals surface area (Å²) in [6, 6.07) is 2.07. The van der Waals surface area contributed by atoms with Crippen LogP contribution in [0, 0.1) is 17.2 Å². The fraction of sp³-hybridized carbons (Fsp3) is 0.846. The van der Waals surface area contributed by atoms with E-state index in [4.69, 9.17) is 10.00 Å². The molecule has 4 heteroatoms. The SMILES string of the molecule is N#CC1CN(C(=O)CCC2CCCC2)CCO1. The smallest absolute Gasteiger partial charge is 0.222 e. The molecule has 0 aromatic rings. The lowest BCUT2D eigenvalue weighted by Gasteiger charge is -2.30. The molecule has 0 N–H and O–H groups in total. The molecule has 0 spiro atoms. The van der Waals surface area contributed by atoms with Gasteiger partial charge in [0.05, 0.1) is 19.2 Å². The molecule has 2 aliphatic rings. The molecule has 0 bridgehead atoms. The predicted octanol–water partition coefficient (Wildman–Crippen LogP) is 1.71. The minimum atomic E-state index is -0.431. The molecule has 1 aliphatic heterocycles. The van der Waals surface area contributed by atoms with Gasteiger partial charge in [0.2, 0.25) is 5.91 Å². The summed E-state index contributed by atoms with van der Waals surface area (Å²) >= 11 is 0. The number of nitriles is 1. The van der Waals surface area contributed by atoms with Crippen molar-refractivity contribution in [3.8, 4) is 6.07 Å². The lowest BCUT2D eigenvalue weighted by Crippen LogP contribution is -2.45. The van der Waals surface area contributed by atoms with E-state index in [1.165, 1.54) is 25.7 Å². The molecule has 1 aliphatic carbocycles. The Labute approximate surface area is 103 Å². The second kappa shape index (κ2) is 6.02. The summed E-state index contributed by atoms with van der Waals surface area (Å²) in [5.74, 6) is 0.951. The van der Waals surface area contributed by atoms with Gasteiger partial charge >= 0.3 is 0 Å². The number of amides is 1. The fourth-order valence-corrected chi connectivity index (χ4v) is 2.74. The van der Waals surface area contributed by atoms with Gasteiger partial charge in [-0.25, -0.2) is 0 Å². The number of morpholine rings is 1. The Kier molecular flexibility index (Phi) is 4.38. The maximum Gasteiger partial charge on any atom is 0.222 e. The number of nitrogens with zero attached hydrogens (tertiary/aromatic N) is 2. The van der Waals surface area contributed by atoms with Gasteiger partial charge in [0.1, 0.15) is 0 Å². The molecule has 94 valence electrons. The summed E-state index contributed by atoms with van der Waals surface area (Å²) in [6.07, 6.45) is 6.46. The maximum atomic E-state index is 12.0. The van der Waals surface area contributed by atoms with Gasteiger partial charge in [0, 0.05) is 13.0 Å². The third kappa shape index (κ3) is 3.44. The highest BCUT2D eigenvalue weighted by molar-refractivity contribution is 5.76. The Balaban J connectivity index is 1.73. The van der Waals surface area contributed by atoms with Gasteiger partial charge in [-0.1, -0.05) is 25.7 Å². The Bertz CT molecular complexity index is 305. The van der Waals surface area contributed by atoms with E-state index in [9.17, 15) is 4.79 Å². The van der Waals surface area contributed by atoms with E-state index < -0.39 is 6.10 Å². The number of hydrogen-bond acceptors (Lipinski definition) is 3. The van der Waals surface area contributed by atoms with Crippen LogP contribution < -0.4 is 0 Å². The van der Waals surface area contributed by atoms with E-state index in [0.29, 0.717) is 26.1 Å². The number of carbonyl (C=O) groups excluding carboxylic acids is 1. The van der Waals surface area contributed by atoms with Crippen LogP contribution >= 0.6 is 0 Å². The van der Waals surface area contributed by atoms with E-state index in [-0.39, 0.29) is 5.91 Å². The molecule has 2 rings (SSSR count). The molecule has 1 saturated heterocycles. The van der Waals surface area contributed by atoms with Crippen molar-refractivity contribution in [1.29, 1.82) is 5.26 Å². The predicted molar refractivity (Wildman–Crippen MR) is 63.1 cm³/mol. The van der Waals surface area contributed by atoms with Crippen molar-refractivity contribution in [3.05, 3.63) is 0 Å². The van der Waals surface area contributed by atoms with Crippen LogP contribution in [0.3, 0.4) is 0 Å². The third-order valence-corrected chi connectivity index (χ3v) is 3.80. The van der Waals surface area contributed by atoms with Gasteiger partial charge in [-0.3, -0.25) is 4.79 Å². The molecule has 1 heterocycles. The van der Waals surface area contributed by atoms with Crippen molar-refractivity contribution in [2.75, 3.05) is 19.7 Å². The van der Waals surface area contributed by atoms with Crippen LogP contribution in [-0.4, -0.2) is 36.6 Å². The summed E-state index contributed by atoms with van der Waals surface area (Å²) in [5, 5.41) is 8.78. The van der Waals surface area contributed by atoms with E-state index >= 15 is 0 Å². The average molecular weight is 236 g/mol. The minimum absolute atomic E-state index is 0.195. The van der Waals surface area contributed by atoms with Crippen molar-refractivity contribution in [2.45, 2.75) is 44.6 Å². The first-order chi connectivity index (χ1) is 8.29. The molecule has 1 saturated carbocycles. The number of carbonyl (C=O) groups is 1. The van der Waals surface area contributed by atoms with Gasteiger partial charge in [-0.15, -0.1) is 0 Å². The van der Waals surface area contributed by atoms with Crippen LogP contribution in [0.1, 0.15) is 38.5 Å². The van der Waals surface area contributed by atoms with E-state index in [1.807, 2.05) is 0 Å². The fourth-order valence-electron chi connectivity index (χ4n) is 2.74. The molecule has 0 radical (unpaired) electrons. The van der Waals surface area contributed by atoms with Crippen LogP contribution in [0.4, 0.5) is 0 Å². The molecule has 0 aromatic heterocycles. The second-order valence-corrected chi connectivity index (χ2v) is 5.02. The van der Waals surface area contributed by atoms with Gasteiger partial charge in [0.25, 0.3) is 0 Å². The Morgan fingerprint density at radius 3 is 2.88 bits per heavy atom. The lowest BCUT2D eigenvalue weighted by atomic mass is 10.0. The van der Waals surface area contributed by atoms with Gasteiger partial charge in [-0.2, -0.15) is 5.26 Å². The first kappa shape index (κ1) is 12.4. The largest absolute Gasteiger partial charge is 0.360 e. The molecular formula is C13H20N2O2. The van der Waals surface area contributed by atoms with Crippen molar-refractivity contribution in [1.82, 2.24) is 4.90 Å². The highest BCUT2D eigenvalue weighted by atomic mass is 16.5. The zero-order chi connectivity index (χ0) is 12.1. The van der Waals surface area contributed by atoms with Crippen LogP contribution in [0.15, 0.2) is 0 Å². The van der Waals surface area contributed by atoms with Crippen molar-refractivity contribution in [3.63, 3.8) is 0 Å². The van der Waals surface area contributed by atoms with Crippen LogP contribution in [-0.2, 0) is 9.53 Å². The van der Waals surface area contributed by atoms with Gasteiger partial charge < -0.3 is 9.64 Å². The maximum absolute atomic E-state index is 12.0. The monoisotopic (exact) mass is 236 g/mol. The topological polar surface area (TPSA) is 53.3 Å². The van der Waals surface area contributed by atoms with E-state index in [1.54, 1.807) is 4.90 Å². The molecule has 1 amide bonds. The number of hydrogen-bond donors (Lipinski definition) is 0. The summed E-state index contributed by atoms with van der Waals surface area (Å²) < 4.78 is 5.23. The highest BCUT2D eigenvalue weighted by Gasteiger charge is 2.24. The Morgan fingerprint density at radius 2 is 2.18 bits per heavy atom. The molecule has 4 nitrogen and oxygen atoms in total. The summed E-state index contributed by atoms with van der Waals surface area (Å²) in [4.78, 5) is 13.8. The zero-order valence-corrected chi connectivity index (χ0v) is 10.2. The average Bonchev–Trinajstić information content (AvgIpc) is 2.89. The quantitative estimate of drug-likeness (QED) is 0.749. The number of rotatable bonds is 3. The number of ether oxygens (including phenoxy) is 1. The molecule has 1 atom stereocenters. The van der Waals surface area contributed by atoms with Crippen LogP contribution in [0.5, 0.6) is 0 Å². The summed E-state index contributed by atoms with van der Waals surface area (Å²) in [5.41, 5.74) is 0. The molecule has 0 aromatic carbocycles. The van der Waals surface area contributed by atoms with Crippen molar-refractivity contribution < 1.29 is 9.53 Å². The third-order valence-electron chi connectivity index (χ3n) is 3.80. The standard InChI is InChI=1S/C13H20N2O2/c14-9-12-10-15(7-8-17-12)13(16)6-5-11-3-1-2-4-11/h11-12H,1-8,10H2. The zero-order valence-electron chi connectivity index (χ0n) is 10.2. The molecule has 1 unspecified atom stereocenters. The molecular weight excluding hydrogens is 216 g/mol. The summed E-state index contributed by atoms with van der Waals surface area (Å²) in [7, 11) is 0. The van der Waals surface area contributed by atoms with Crippen molar-refractivity contribution in [2.24, 2.45) is 5.92 Å². The van der Waals surface area contributed by atoms with Gasteiger partial charge in [-0.05, 0) is 12.3 Å². The second-order valence-electron chi connectivity index (χ2n) is 5.02. The molecule has 17 heavy (non-hydrogen) atoms. The van der Waals surface area contributed by atoms with E-state index in [0.717, 1.165) is 12.3 Å². The minimum Gasteiger partial charge on any atom is -0.360 e. The highest BCUT2D eigenvalue weighted by Crippen LogP contribution is 2.28. The van der Waals surface area contributed by atoms with Gasteiger partial charge in [0.15, 0.2) is 6.10 Å². The summed E-state index contributed by atoms with van der Waals surface area (Å²) in [6.45, 7) is 1.58. The molecule has 2 fully saturated rings. The van der Waals surface area contributed by atoms with Crippen LogP contribution in [0.2, 0.25) is 0 Å².